The van der Waals surface area contributed by atoms with Crippen molar-refractivity contribution >= 4 is 0 Å². The summed E-state index contributed by atoms with van der Waals surface area (Å²) in [5.41, 5.74) is 13.3. The second-order valence-corrected chi connectivity index (χ2v) is 19.9. The third-order valence-electron chi connectivity index (χ3n) is 14.0. The number of ether oxygens (including phenoxy) is 2. The van der Waals surface area contributed by atoms with Crippen molar-refractivity contribution in [1.29, 1.82) is 0 Å². The lowest BCUT2D eigenvalue weighted by molar-refractivity contribution is -0.944. The predicted molar refractivity (Wildman–Crippen MR) is 255 cm³/mol. The van der Waals surface area contributed by atoms with Gasteiger partial charge in [0.25, 0.3) is 0 Å². The lowest BCUT2D eigenvalue weighted by Crippen LogP contribution is -2.54. The van der Waals surface area contributed by atoms with Crippen LogP contribution in [0.25, 0.3) is 0 Å². The van der Waals surface area contributed by atoms with Crippen LogP contribution in [0.15, 0.2) is 158 Å². The van der Waals surface area contributed by atoms with Crippen molar-refractivity contribution in [2.24, 2.45) is 11.8 Å². The second-order valence-electron chi connectivity index (χ2n) is 19.9. The smallest absolute Gasteiger partial charge is 0.176 e. The molecule has 1 heterocycles. The fraction of sp³-hybridized carbons (Fsp3) is 0.379. The van der Waals surface area contributed by atoms with Crippen LogP contribution in [-0.4, -0.2) is 54.1 Å². The molecule has 0 N–H and O–H groups in total. The average Bonchev–Trinajstić information content (AvgIpc) is 3.60. The van der Waals surface area contributed by atoms with E-state index in [0.29, 0.717) is 0 Å². The van der Waals surface area contributed by atoms with Gasteiger partial charge in [-0.1, -0.05) is 186 Å². The Kier molecular flexibility index (Phi) is 13.6. The summed E-state index contributed by atoms with van der Waals surface area (Å²) in [5, 5.41) is 0. The highest BCUT2D eigenvalue weighted by Gasteiger charge is 2.60. The number of benzene rings is 6. The Morgan fingerprint density at radius 1 is 0.403 bits per heavy atom. The van der Waals surface area contributed by atoms with E-state index in [2.05, 4.69) is 200 Å². The second kappa shape index (κ2) is 19.3. The van der Waals surface area contributed by atoms with Gasteiger partial charge in [0, 0.05) is 34.1 Å². The first-order valence-electron chi connectivity index (χ1n) is 23.3. The number of quaternary nitrogens is 2. The van der Waals surface area contributed by atoms with E-state index in [-0.39, 0.29) is 24.0 Å². The molecule has 4 atom stereocenters. The van der Waals surface area contributed by atoms with E-state index >= 15 is 0 Å². The van der Waals surface area contributed by atoms with Crippen molar-refractivity contribution < 1.29 is 18.4 Å². The summed E-state index contributed by atoms with van der Waals surface area (Å²) >= 11 is 0. The zero-order valence-corrected chi connectivity index (χ0v) is 38.3. The van der Waals surface area contributed by atoms with E-state index in [9.17, 15) is 0 Å². The molecule has 1 aliphatic carbocycles. The summed E-state index contributed by atoms with van der Waals surface area (Å²) in [5.74, 6) is -0.238. The van der Waals surface area contributed by atoms with E-state index in [1.54, 1.807) is 0 Å². The first kappa shape index (κ1) is 43.8. The molecular weight excluding hydrogens is 757 g/mol. The standard InChI is InChI=1S/C58H70N2O2/c1-44-20-28-50(29-21-44)38-59(5,39-51-30-22-45(2)23-31-51)42-56-57(43-60(6,40-52-32-24-46(3)25-33-52)41-53-34-26-47(4)27-35-53)62-58(61-56)54(36-48-14-9-7-10-15-48)18-13-19-55(58)37-49-16-11-8-12-17-49/h7-12,14-17,20-35,54-57H,13,18-19,36-43H2,1-6H3/q+2/t54-,55+,56-,57-/m0/s1. The van der Waals surface area contributed by atoms with Gasteiger partial charge in [-0.15, -0.1) is 0 Å². The lowest BCUT2D eigenvalue weighted by atomic mass is 9.71. The van der Waals surface area contributed by atoms with Gasteiger partial charge >= 0.3 is 0 Å². The largest absolute Gasteiger partial charge is 0.337 e. The fourth-order valence-electron chi connectivity index (χ4n) is 10.8. The molecule has 322 valence electrons. The minimum Gasteiger partial charge on any atom is -0.337 e. The van der Waals surface area contributed by atoms with Gasteiger partial charge in [-0.3, -0.25) is 0 Å². The van der Waals surface area contributed by atoms with Crippen LogP contribution in [-0.2, 0) is 48.5 Å². The molecule has 0 aromatic heterocycles. The molecule has 0 unspecified atom stereocenters. The van der Waals surface area contributed by atoms with Gasteiger partial charge in [0.15, 0.2) is 5.79 Å². The Morgan fingerprint density at radius 3 is 0.984 bits per heavy atom. The number of aryl methyl sites for hydroxylation is 4. The van der Waals surface area contributed by atoms with Gasteiger partial charge in [-0.2, -0.15) is 0 Å². The molecule has 1 aliphatic heterocycles. The van der Waals surface area contributed by atoms with Crippen molar-refractivity contribution in [1.82, 2.24) is 0 Å². The maximum absolute atomic E-state index is 8.01. The molecule has 1 saturated carbocycles. The van der Waals surface area contributed by atoms with Gasteiger partial charge < -0.3 is 18.4 Å². The quantitative estimate of drug-likeness (QED) is 0.0905. The summed E-state index contributed by atoms with van der Waals surface area (Å²) in [6, 6.07) is 59.0. The van der Waals surface area contributed by atoms with E-state index in [1.165, 1.54) is 62.1 Å². The van der Waals surface area contributed by atoms with Gasteiger partial charge in [0.1, 0.15) is 51.5 Å². The van der Waals surface area contributed by atoms with E-state index in [0.717, 1.165) is 73.9 Å². The molecule has 4 nitrogen and oxygen atoms in total. The molecule has 62 heavy (non-hydrogen) atoms. The topological polar surface area (TPSA) is 18.5 Å². The lowest BCUT2D eigenvalue weighted by Gasteiger charge is -2.46. The van der Waals surface area contributed by atoms with Crippen molar-refractivity contribution in [3.05, 3.63) is 213 Å². The first-order valence-corrected chi connectivity index (χ1v) is 23.3. The Labute approximate surface area is 373 Å². The Hall–Kier alpha value is -4.84. The molecule has 1 spiro atoms. The fourth-order valence-corrected chi connectivity index (χ4v) is 10.8. The normalized spacial score (nSPS) is 20.1. The molecule has 6 aromatic carbocycles. The summed E-state index contributed by atoms with van der Waals surface area (Å²) in [6.07, 6.45) is 5.04. The maximum Gasteiger partial charge on any atom is 0.176 e. The van der Waals surface area contributed by atoms with Gasteiger partial charge in [-0.25, -0.2) is 0 Å². The summed E-state index contributed by atoms with van der Waals surface area (Å²) in [4.78, 5) is 0. The molecule has 6 aromatic rings. The molecule has 0 bridgehead atoms. The van der Waals surface area contributed by atoms with Crippen LogP contribution in [0, 0.1) is 39.5 Å². The van der Waals surface area contributed by atoms with Crippen LogP contribution in [0.1, 0.15) is 74.9 Å². The van der Waals surface area contributed by atoms with E-state index in [1.807, 2.05) is 0 Å². The SMILES string of the molecule is Cc1ccc(C[N+](C)(Cc2ccc(C)cc2)C[C@@H]2OC3(O[C@H]2C[N+](C)(Cc2ccc(C)cc2)Cc2ccc(C)cc2)[C@@H](Cc2ccccc2)CCC[C@H]3Cc2ccccc2)cc1. The highest BCUT2D eigenvalue weighted by atomic mass is 16.8. The number of rotatable bonds is 16. The van der Waals surface area contributed by atoms with Crippen LogP contribution < -0.4 is 0 Å². The molecule has 2 fully saturated rings. The van der Waals surface area contributed by atoms with Crippen LogP contribution in [0.2, 0.25) is 0 Å². The van der Waals surface area contributed by atoms with Crippen molar-refractivity contribution in [3.8, 4) is 0 Å². The van der Waals surface area contributed by atoms with E-state index in [4.69, 9.17) is 9.47 Å². The Bertz CT molecular complexity index is 2040. The van der Waals surface area contributed by atoms with Crippen LogP contribution >= 0.6 is 0 Å². The molecule has 8 rings (SSSR count). The monoisotopic (exact) mass is 827 g/mol. The van der Waals surface area contributed by atoms with Crippen LogP contribution in [0.5, 0.6) is 0 Å². The zero-order chi connectivity index (χ0) is 43.2. The third-order valence-corrected chi connectivity index (χ3v) is 14.0. The first-order chi connectivity index (χ1) is 29.9. The van der Waals surface area contributed by atoms with Crippen LogP contribution in [0.3, 0.4) is 0 Å². The molecule has 0 radical (unpaired) electrons. The molecule has 4 heteroatoms. The minimum absolute atomic E-state index is 0.112. The summed E-state index contributed by atoms with van der Waals surface area (Å²) < 4.78 is 17.7. The van der Waals surface area contributed by atoms with Gasteiger partial charge in [0.2, 0.25) is 0 Å². The maximum atomic E-state index is 8.01. The van der Waals surface area contributed by atoms with Crippen molar-refractivity contribution in [3.63, 3.8) is 0 Å². The number of likely N-dealkylation sites (N-methyl/N-ethyl adjacent to an activating group) is 2. The minimum atomic E-state index is -0.712. The summed E-state index contributed by atoms with van der Waals surface area (Å²) in [7, 11) is 4.92. The number of hydrogen-bond donors (Lipinski definition) is 0. The van der Waals surface area contributed by atoms with Gasteiger partial charge in [-0.05, 0) is 64.5 Å². The third kappa shape index (κ3) is 11.0. The van der Waals surface area contributed by atoms with E-state index < -0.39 is 5.79 Å². The highest BCUT2D eigenvalue weighted by molar-refractivity contribution is 5.25. The Morgan fingerprint density at radius 2 is 0.694 bits per heavy atom. The molecule has 1 saturated heterocycles. The number of hydrogen-bond acceptors (Lipinski definition) is 2. The number of nitrogens with zero attached hydrogens (tertiary/aromatic N) is 2. The molecule has 2 aliphatic rings. The van der Waals surface area contributed by atoms with Crippen molar-refractivity contribution in [2.75, 3.05) is 27.2 Å². The predicted octanol–water partition coefficient (Wildman–Crippen LogP) is 12.3. The average molecular weight is 827 g/mol. The zero-order valence-electron chi connectivity index (χ0n) is 38.3. The Balaban J connectivity index is 1.22. The van der Waals surface area contributed by atoms with Crippen LogP contribution in [0.4, 0.5) is 0 Å². The van der Waals surface area contributed by atoms with Gasteiger partial charge in [0.05, 0.1) is 14.1 Å². The molecule has 0 amide bonds. The highest BCUT2D eigenvalue weighted by Crippen LogP contribution is 2.51. The summed E-state index contributed by atoms with van der Waals surface area (Å²) in [6.45, 7) is 14.1. The molecular formula is C58H70N2O2+2. The van der Waals surface area contributed by atoms with Crippen molar-refractivity contribution in [2.45, 2.75) is 104 Å².